The molecule has 248 valence electrons. The summed E-state index contributed by atoms with van der Waals surface area (Å²) in [5.74, 6) is -1.46. The summed E-state index contributed by atoms with van der Waals surface area (Å²) >= 11 is 7.67. The van der Waals surface area contributed by atoms with E-state index in [9.17, 15) is 13.2 Å². The molecule has 3 aromatic rings. The van der Waals surface area contributed by atoms with Crippen molar-refractivity contribution in [2.45, 2.75) is 81.5 Å². The van der Waals surface area contributed by atoms with Crippen molar-refractivity contribution in [3.8, 4) is 0 Å². The summed E-state index contributed by atoms with van der Waals surface area (Å²) in [5.41, 5.74) is 3.45. The fraction of sp³-hybridized carbons (Fsp3) is 0.441. The van der Waals surface area contributed by atoms with Crippen LogP contribution in [0.15, 0.2) is 66.0 Å². The first-order chi connectivity index (χ1) is 21.8. The Morgan fingerprint density at radius 3 is 2.48 bits per heavy atom. The predicted octanol–water partition coefficient (Wildman–Crippen LogP) is 8.56. The summed E-state index contributed by atoms with van der Waals surface area (Å²) in [6.45, 7) is 8.99. The molecule has 0 radical (unpaired) electrons. The molecule has 1 fully saturated rings. The van der Waals surface area contributed by atoms with Gasteiger partial charge in [-0.3, -0.25) is 15.4 Å². The lowest BCUT2D eigenvalue weighted by atomic mass is 9.84. The summed E-state index contributed by atoms with van der Waals surface area (Å²) in [7, 11) is 3.32. The largest absolute Gasteiger partial charge is 0.502 e. The summed E-state index contributed by atoms with van der Waals surface area (Å²) < 4.78 is 54.5. The van der Waals surface area contributed by atoms with Gasteiger partial charge in [-0.2, -0.15) is 13.2 Å². The fourth-order valence-corrected chi connectivity index (χ4v) is 7.13. The molecule has 1 aliphatic rings. The zero-order valence-corrected chi connectivity index (χ0v) is 28.2. The summed E-state index contributed by atoms with van der Waals surface area (Å²) in [6, 6.07) is 11.5. The fourth-order valence-electron chi connectivity index (χ4n) is 5.99. The van der Waals surface area contributed by atoms with E-state index in [1.807, 2.05) is 18.2 Å². The van der Waals surface area contributed by atoms with Crippen LogP contribution < -0.4 is 5.49 Å². The van der Waals surface area contributed by atoms with Crippen LogP contribution in [-0.4, -0.2) is 52.2 Å². The highest BCUT2D eigenvalue weighted by atomic mass is 35.5. The Kier molecular flexibility index (Phi) is 11.8. The monoisotopic (exact) mass is 675 g/mol. The number of nitrogens with one attached hydrogen (secondary N) is 2. The number of nitrogens with zero attached hydrogens (tertiary/aromatic N) is 3. The molecule has 1 aromatic carbocycles. The van der Waals surface area contributed by atoms with Gasteiger partial charge in [0.15, 0.2) is 0 Å². The van der Waals surface area contributed by atoms with Crippen molar-refractivity contribution in [1.82, 2.24) is 13.9 Å². The zero-order chi connectivity index (χ0) is 33.6. The molecule has 1 aliphatic carbocycles. The number of methoxy groups -OCH3 is 2. The molecule has 7 nitrogen and oxygen atoms in total. The Labute approximate surface area is 277 Å². The van der Waals surface area contributed by atoms with Crippen LogP contribution in [0.2, 0.25) is 5.15 Å². The smallest absolute Gasteiger partial charge is 0.449 e. The van der Waals surface area contributed by atoms with Crippen molar-refractivity contribution in [2.24, 2.45) is 0 Å². The Morgan fingerprint density at radius 2 is 1.87 bits per heavy atom. The van der Waals surface area contributed by atoms with Crippen molar-refractivity contribution in [3.63, 3.8) is 0 Å². The first-order valence-corrected chi connectivity index (χ1v) is 16.3. The predicted molar refractivity (Wildman–Crippen MR) is 176 cm³/mol. The molecule has 0 saturated heterocycles. The highest BCUT2D eigenvalue weighted by Gasteiger charge is 2.37. The van der Waals surface area contributed by atoms with Gasteiger partial charge in [-0.1, -0.05) is 55.6 Å². The second-order valence-corrected chi connectivity index (χ2v) is 13.4. The highest BCUT2D eigenvalue weighted by molar-refractivity contribution is 7.97. The molecule has 1 saturated carbocycles. The maximum atomic E-state index is 13.3. The number of hydrogen-bond acceptors (Lipinski definition) is 7. The first kappa shape index (κ1) is 35.7. The van der Waals surface area contributed by atoms with E-state index in [-0.39, 0.29) is 11.5 Å². The van der Waals surface area contributed by atoms with E-state index in [1.165, 1.54) is 13.5 Å². The Hall–Kier alpha value is -3.12. The number of pyridine rings is 2. The number of ether oxygens (including phenoxy) is 2. The maximum absolute atomic E-state index is 13.3. The molecule has 2 aromatic heterocycles. The average molecular weight is 676 g/mol. The number of aryl methyl sites for hydroxylation is 1. The molecule has 0 bridgehead atoms. The van der Waals surface area contributed by atoms with Crippen molar-refractivity contribution < 1.29 is 22.6 Å². The van der Waals surface area contributed by atoms with Gasteiger partial charge in [0.25, 0.3) is 0 Å². The van der Waals surface area contributed by atoms with Gasteiger partial charge in [0.05, 0.1) is 18.5 Å². The molecule has 2 heterocycles. The van der Waals surface area contributed by atoms with E-state index >= 15 is 0 Å². The number of allylic oxidation sites excluding steroid dienone is 1. The van der Waals surface area contributed by atoms with Crippen molar-refractivity contribution in [3.05, 3.63) is 99.6 Å². The number of rotatable bonds is 12. The van der Waals surface area contributed by atoms with E-state index in [0.717, 1.165) is 53.5 Å². The van der Waals surface area contributed by atoms with Gasteiger partial charge in [-0.15, -0.1) is 0 Å². The molecule has 4 rings (SSSR count). The normalized spacial score (nSPS) is 15.5. The number of alkyl halides is 3. The number of hydrogen-bond donors (Lipinski definition) is 2. The van der Waals surface area contributed by atoms with E-state index < -0.39 is 17.5 Å². The second-order valence-electron chi connectivity index (χ2n) is 11.8. The van der Waals surface area contributed by atoms with Gasteiger partial charge in [0.1, 0.15) is 10.6 Å². The minimum atomic E-state index is -4.88. The van der Waals surface area contributed by atoms with Gasteiger partial charge in [-0.05, 0) is 84.7 Å². The maximum Gasteiger partial charge on any atom is 0.449 e. The van der Waals surface area contributed by atoms with Crippen LogP contribution >= 0.6 is 23.5 Å². The summed E-state index contributed by atoms with van der Waals surface area (Å²) in [4.78, 5) is 5.22. The third-order valence-electron chi connectivity index (χ3n) is 8.76. The van der Waals surface area contributed by atoms with E-state index in [4.69, 9.17) is 31.9 Å². The SMILES string of the molecule is C=C(CC(c1ccc(C)c(CN(CC2(OC)CCCCC2)Sc2ccc(Cl)nc2)c1)c1ccn(C(=N)C(F)(F)F)c(=N)c1C)OC. The van der Waals surface area contributed by atoms with Crippen molar-refractivity contribution in [1.29, 1.82) is 10.8 Å². The lowest BCUT2D eigenvalue weighted by Gasteiger charge is -2.39. The van der Waals surface area contributed by atoms with E-state index in [1.54, 1.807) is 44.3 Å². The van der Waals surface area contributed by atoms with Crippen LogP contribution in [0.4, 0.5) is 13.2 Å². The quantitative estimate of drug-likeness (QED) is 0.0661. The minimum absolute atomic E-state index is 0.263. The Balaban J connectivity index is 1.74. The van der Waals surface area contributed by atoms with Crippen LogP contribution in [0, 0.1) is 24.7 Å². The molecule has 2 N–H and O–H groups in total. The highest BCUT2D eigenvalue weighted by Crippen LogP contribution is 2.38. The molecule has 0 amide bonds. The van der Waals surface area contributed by atoms with Gasteiger partial charge in [-0.25, -0.2) is 9.29 Å². The molecule has 12 heteroatoms. The average Bonchev–Trinajstić information content (AvgIpc) is 3.03. The Morgan fingerprint density at radius 1 is 1.15 bits per heavy atom. The van der Waals surface area contributed by atoms with Crippen LogP contribution in [0.3, 0.4) is 0 Å². The van der Waals surface area contributed by atoms with Gasteiger partial charge >= 0.3 is 6.18 Å². The van der Waals surface area contributed by atoms with Crippen molar-refractivity contribution >= 4 is 29.4 Å². The number of benzene rings is 1. The van der Waals surface area contributed by atoms with Gasteiger partial charge in [0.2, 0.25) is 5.84 Å². The number of halogens is 4. The van der Waals surface area contributed by atoms with Crippen LogP contribution in [0.1, 0.15) is 72.3 Å². The standard InChI is InChI=1S/C34H41ClF3N5O2S/c1-22-9-10-25(29(17-23(2)44-4)28-13-16-43(31(39)24(28)3)32(40)34(36,37)38)18-26(22)20-42(46-27-11-12-30(35)41-19-27)21-33(45-5)14-7-6-8-15-33/h9-13,16,18-19,29,39-40H,2,6-8,14-15,17,20-21H2,1,3-5H3. The topological polar surface area (TPSA) is 87.2 Å². The molecule has 1 unspecified atom stereocenters. The summed E-state index contributed by atoms with van der Waals surface area (Å²) in [6.07, 6.45) is 3.78. The Bertz CT molecular complexity index is 1600. The van der Waals surface area contributed by atoms with Crippen LogP contribution in [0.5, 0.6) is 0 Å². The first-order valence-electron chi connectivity index (χ1n) is 15.1. The zero-order valence-electron chi connectivity index (χ0n) is 26.6. The van der Waals surface area contributed by atoms with E-state index in [2.05, 4.69) is 28.9 Å². The molecular weight excluding hydrogens is 635 g/mol. The van der Waals surface area contributed by atoms with Crippen LogP contribution in [0.25, 0.3) is 0 Å². The molecular formula is C34H41ClF3N5O2S. The van der Waals surface area contributed by atoms with Crippen molar-refractivity contribution in [2.75, 3.05) is 20.8 Å². The van der Waals surface area contributed by atoms with Gasteiger partial charge < -0.3 is 9.47 Å². The third kappa shape index (κ3) is 8.61. The molecule has 0 spiro atoms. The minimum Gasteiger partial charge on any atom is -0.502 e. The molecule has 1 atom stereocenters. The third-order valence-corrected chi connectivity index (χ3v) is 9.95. The lowest BCUT2D eigenvalue weighted by Crippen LogP contribution is -2.43. The molecule has 46 heavy (non-hydrogen) atoms. The summed E-state index contributed by atoms with van der Waals surface area (Å²) in [5, 5.41) is 16.5. The lowest BCUT2D eigenvalue weighted by molar-refractivity contribution is -0.0626. The van der Waals surface area contributed by atoms with E-state index in [0.29, 0.717) is 46.1 Å². The second kappa shape index (κ2) is 15.2. The number of aromatic nitrogens is 2. The van der Waals surface area contributed by atoms with Crippen LogP contribution in [-0.2, 0) is 16.0 Å². The molecule has 0 aliphatic heterocycles. The van der Waals surface area contributed by atoms with Gasteiger partial charge in [0, 0.05) is 49.8 Å².